The van der Waals surface area contributed by atoms with Crippen LogP contribution in [-0.2, 0) is 19.3 Å². The molecule has 0 aliphatic carbocycles. The number of fused-ring (bicyclic) bond motifs is 1. The van der Waals surface area contributed by atoms with Crippen molar-refractivity contribution < 1.29 is 27.2 Å². The average molecular weight is 630 g/mol. The standard InChI is InChI=1S/C35H34F3N5O3/c36-35(37,38)29-8-5-26(6-9-29)23-42-15-17-43(18-16-42)34(45)27-7-10-31-28(19-27)20-32(46-31)33(44)40-30-11-13-41(14-12-30)22-25-3-1-24(21-39)2-4-25/h1-10,19-20,30H,11-18,22-23H2,(H,40,44). The second-order valence-electron chi connectivity index (χ2n) is 12.0. The summed E-state index contributed by atoms with van der Waals surface area (Å²) in [6.45, 7) is 5.24. The van der Waals surface area contributed by atoms with E-state index in [2.05, 4.69) is 21.2 Å². The number of halogens is 3. The van der Waals surface area contributed by atoms with Gasteiger partial charge in [-0.1, -0.05) is 24.3 Å². The monoisotopic (exact) mass is 629 g/mol. The summed E-state index contributed by atoms with van der Waals surface area (Å²) in [5.41, 5.74) is 2.96. The normalized spacial score (nSPS) is 16.8. The maximum absolute atomic E-state index is 13.3. The molecule has 3 heterocycles. The summed E-state index contributed by atoms with van der Waals surface area (Å²) >= 11 is 0. The van der Waals surface area contributed by atoms with E-state index in [1.807, 2.05) is 24.3 Å². The molecule has 1 aromatic heterocycles. The van der Waals surface area contributed by atoms with E-state index in [0.29, 0.717) is 54.8 Å². The topological polar surface area (TPSA) is 92.8 Å². The van der Waals surface area contributed by atoms with Gasteiger partial charge in [-0.25, -0.2) is 0 Å². The number of alkyl halides is 3. The molecular formula is C35H34F3N5O3. The minimum atomic E-state index is -4.36. The molecule has 0 radical (unpaired) electrons. The lowest BCUT2D eigenvalue weighted by molar-refractivity contribution is -0.137. The molecule has 8 nitrogen and oxygen atoms in total. The predicted molar refractivity (Wildman–Crippen MR) is 166 cm³/mol. The van der Waals surface area contributed by atoms with E-state index in [9.17, 15) is 22.8 Å². The number of carbonyl (C=O) groups is 2. The number of hydrogen-bond acceptors (Lipinski definition) is 6. The quantitative estimate of drug-likeness (QED) is 0.283. The first-order valence-electron chi connectivity index (χ1n) is 15.4. The minimum absolute atomic E-state index is 0.0352. The van der Waals surface area contributed by atoms with E-state index in [1.54, 1.807) is 29.2 Å². The van der Waals surface area contributed by atoms with Crippen LogP contribution in [0.4, 0.5) is 13.2 Å². The first-order chi connectivity index (χ1) is 22.1. The molecule has 238 valence electrons. The summed E-state index contributed by atoms with van der Waals surface area (Å²) in [4.78, 5) is 32.5. The van der Waals surface area contributed by atoms with Crippen LogP contribution >= 0.6 is 0 Å². The maximum atomic E-state index is 13.3. The van der Waals surface area contributed by atoms with Crippen LogP contribution in [0.25, 0.3) is 11.0 Å². The van der Waals surface area contributed by atoms with Crippen molar-refractivity contribution in [2.45, 2.75) is 38.1 Å². The van der Waals surface area contributed by atoms with Crippen LogP contribution in [0.3, 0.4) is 0 Å². The summed E-state index contributed by atoms with van der Waals surface area (Å²) in [5.74, 6) is -0.189. The molecule has 4 aromatic rings. The van der Waals surface area contributed by atoms with Crippen molar-refractivity contribution in [3.8, 4) is 6.07 Å². The summed E-state index contributed by atoms with van der Waals surface area (Å²) in [6.07, 6.45) is -2.72. The fraction of sp³-hybridized carbons (Fsp3) is 0.343. The van der Waals surface area contributed by atoms with E-state index in [4.69, 9.17) is 9.68 Å². The molecule has 0 spiro atoms. The molecule has 6 rings (SSSR count). The van der Waals surface area contributed by atoms with Gasteiger partial charge in [-0.3, -0.25) is 19.4 Å². The van der Waals surface area contributed by atoms with E-state index >= 15 is 0 Å². The van der Waals surface area contributed by atoms with Crippen molar-refractivity contribution in [3.05, 3.63) is 106 Å². The van der Waals surface area contributed by atoms with Gasteiger partial charge in [0.15, 0.2) is 5.76 Å². The van der Waals surface area contributed by atoms with Crippen molar-refractivity contribution in [3.63, 3.8) is 0 Å². The van der Waals surface area contributed by atoms with Gasteiger partial charge in [-0.05, 0) is 72.5 Å². The summed E-state index contributed by atoms with van der Waals surface area (Å²) < 4.78 is 44.4. The number of piperidine rings is 1. The fourth-order valence-electron chi connectivity index (χ4n) is 6.07. The van der Waals surface area contributed by atoms with Crippen LogP contribution < -0.4 is 5.32 Å². The molecule has 2 saturated heterocycles. The molecule has 2 aliphatic rings. The van der Waals surface area contributed by atoms with Crippen LogP contribution in [0.2, 0.25) is 0 Å². The lowest BCUT2D eigenvalue weighted by atomic mass is 10.0. The highest BCUT2D eigenvalue weighted by Crippen LogP contribution is 2.29. The molecule has 3 aromatic carbocycles. The highest BCUT2D eigenvalue weighted by molar-refractivity contribution is 6.00. The minimum Gasteiger partial charge on any atom is -0.451 e. The van der Waals surface area contributed by atoms with E-state index < -0.39 is 11.7 Å². The molecule has 2 amide bonds. The maximum Gasteiger partial charge on any atom is 0.416 e. The molecule has 0 bridgehead atoms. The number of benzene rings is 3. The van der Waals surface area contributed by atoms with Gasteiger partial charge in [-0.2, -0.15) is 18.4 Å². The van der Waals surface area contributed by atoms with E-state index in [1.165, 1.54) is 12.1 Å². The molecule has 46 heavy (non-hydrogen) atoms. The zero-order valence-electron chi connectivity index (χ0n) is 25.2. The third-order valence-electron chi connectivity index (χ3n) is 8.75. The van der Waals surface area contributed by atoms with Crippen molar-refractivity contribution in [2.75, 3.05) is 39.3 Å². The van der Waals surface area contributed by atoms with Gasteiger partial charge < -0.3 is 14.6 Å². The Balaban J connectivity index is 0.985. The summed E-state index contributed by atoms with van der Waals surface area (Å²) in [6, 6.07) is 21.8. The number of nitrogens with one attached hydrogen (secondary N) is 1. The number of amides is 2. The summed E-state index contributed by atoms with van der Waals surface area (Å²) in [7, 11) is 0. The molecule has 11 heteroatoms. The zero-order chi connectivity index (χ0) is 32.3. The zero-order valence-corrected chi connectivity index (χ0v) is 25.2. The highest BCUT2D eigenvalue weighted by atomic mass is 19.4. The first-order valence-corrected chi connectivity index (χ1v) is 15.4. The van der Waals surface area contributed by atoms with Gasteiger partial charge in [-0.15, -0.1) is 0 Å². The lowest BCUT2D eigenvalue weighted by Gasteiger charge is -2.34. The van der Waals surface area contributed by atoms with Crippen LogP contribution in [0.5, 0.6) is 0 Å². The average Bonchev–Trinajstić information content (AvgIpc) is 3.50. The van der Waals surface area contributed by atoms with Crippen molar-refractivity contribution in [1.82, 2.24) is 20.0 Å². The van der Waals surface area contributed by atoms with Crippen LogP contribution in [0, 0.1) is 11.3 Å². The van der Waals surface area contributed by atoms with Gasteiger partial charge in [0.25, 0.3) is 11.8 Å². The Morgan fingerprint density at radius 3 is 2.04 bits per heavy atom. The van der Waals surface area contributed by atoms with Gasteiger partial charge >= 0.3 is 6.18 Å². The van der Waals surface area contributed by atoms with E-state index in [-0.39, 0.29) is 23.6 Å². The third kappa shape index (κ3) is 7.41. The number of nitriles is 1. The smallest absolute Gasteiger partial charge is 0.416 e. The lowest BCUT2D eigenvalue weighted by Crippen LogP contribution is -2.48. The third-order valence-corrected chi connectivity index (χ3v) is 8.75. The van der Waals surface area contributed by atoms with Crippen molar-refractivity contribution >= 4 is 22.8 Å². The Bertz CT molecular complexity index is 1730. The highest BCUT2D eigenvalue weighted by Gasteiger charge is 2.30. The van der Waals surface area contributed by atoms with Gasteiger partial charge in [0.2, 0.25) is 0 Å². The molecule has 2 aliphatic heterocycles. The first kappa shape index (κ1) is 31.3. The number of nitrogens with zero attached hydrogens (tertiary/aromatic N) is 4. The number of rotatable bonds is 7. The Morgan fingerprint density at radius 1 is 0.826 bits per heavy atom. The Hall–Kier alpha value is -4.66. The number of furan rings is 1. The summed E-state index contributed by atoms with van der Waals surface area (Å²) in [5, 5.41) is 12.7. The molecule has 2 fully saturated rings. The SMILES string of the molecule is N#Cc1ccc(CN2CCC(NC(=O)c3cc4cc(C(=O)N5CCN(Cc6ccc(C(F)(F)F)cc6)CC5)ccc4o3)CC2)cc1. The van der Waals surface area contributed by atoms with Crippen molar-refractivity contribution in [2.24, 2.45) is 0 Å². The largest absolute Gasteiger partial charge is 0.451 e. The number of carbonyl (C=O) groups excluding carboxylic acids is 2. The number of piperazine rings is 1. The van der Waals surface area contributed by atoms with Gasteiger partial charge in [0, 0.05) is 69.3 Å². The van der Waals surface area contributed by atoms with Crippen LogP contribution in [-0.4, -0.2) is 71.8 Å². The fourth-order valence-corrected chi connectivity index (χ4v) is 6.07. The van der Waals surface area contributed by atoms with Gasteiger partial charge in [0.05, 0.1) is 17.2 Å². The molecular weight excluding hydrogens is 595 g/mol. The van der Waals surface area contributed by atoms with Gasteiger partial charge in [0.1, 0.15) is 5.58 Å². The Labute approximate surface area is 265 Å². The number of likely N-dealkylation sites (tertiary alicyclic amines) is 1. The molecule has 0 saturated carbocycles. The van der Waals surface area contributed by atoms with Crippen LogP contribution in [0.15, 0.2) is 77.2 Å². The Morgan fingerprint density at radius 2 is 1.43 bits per heavy atom. The molecule has 0 atom stereocenters. The second-order valence-corrected chi connectivity index (χ2v) is 12.0. The number of hydrogen-bond donors (Lipinski definition) is 1. The molecule has 0 unspecified atom stereocenters. The molecule has 1 N–H and O–H groups in total. The van der Waals surface area contributed by atoms with E-state index in [0.717, 1.165) is 55.7 Å². The predicted octanol–water partition coefficient (Wildman–Crippen LogP) is 5.68. The second kappa shape index (κ2) is 13.4. The van der Waals surface area contributed by atoms with Crippen molar-refractivity contribution in [1.29, 1.82) is 5.26 Å². The Kier molecular flexibility index (Phi) is 9.10. The van der Waals surface area contributed by atoms with Crippen LogP contribution in [0.1, 0.15) is 56.0 Å².